The van der Waals surface area contributed by atoms with E-state index >= 15 is 0 Å². The highest BCUT2D eigenvalue weighted by Crippen LogP contribution is 2.64. The second kappa shape index (κ2) is 8.60. The number of nitrogens with zero attached hydrogens (tertiary/aromatic N) is 2. The predicted molar refractivity (Wildman–Crippen MR) is 147 cm³/mol. The van der Waals surface area contributed by atoms with Crippen LogP contribution in [0.3, 0.4) is 0 Å². The van der Waals surface area contributed by atoms with Crippen molar-refractivity contribution in [2.24, 2.45) is 0 Å². The number of anilines is 1. The van der Waals surface area contributed by atoms with E-state index in [9.17, 15) is 4.79 Å². The number of H-pyrrole nitrogens is 1. The fourth-order valence-electron chi connectivity index (χ4n) is 6.08. The smallest absolute Gasteiger partial charge is 0.235 e. The summed E-state index contributed by atoms with van der Waals surface area (Å²) in [5.41, 5.74) is 5.84. The number of carbonyl (C=O) groups excluding carboxylic acids is 1. The molecule has 1 aliphatic carbocycles. The van der Waals surface area contributed by atoms with Gasteiger partial charge in [0.05, 0.1) is 16.6 Å². The van der Waals surface area contributed by atoms with Crippen LogP contribution in [0.4, 0.5) is 5.69 Å². The van der Waals surface area contributed by atoms with Gasteiger partial charge in [-0.2, -0.15) is 5.10 Å². The van der Waals surface area contributed by atoms with E-state index in [0.29, 0.717) is 6.10 Å². The van der Waals surface area contributed by atoms with Crippen molar-refractivity contribution in [2.75, 3.05) is 25.5 Å². The van der Waals surface area contributed by atoms with Crippen LogP contribution in [0.25, 0.3) is 23.1 Å². The second-order valence-corrected chi connectivity index (χ2v) is 10.7. The van der Waals surface area contributed by atoms with Gasteiger partial charge in [-0.15, -0.1) is 0 Å². The van der Waals surface area contributed by atoms with Crippen LogP contribution in [0.1, 0.15) is 47.6 Å². The van der Waals surface area contributed by atoms with E-state index in [0.717, 1.165) is 71.5 Å². The van der Waals surface area contributed by atoms with Crippen LogP contribution in [-0.2, 0) is 10.2 Å². The lowest BCUT2D eigenvalue weighted by molar-refractivity contribution is -0.118. The maximum atomic E-state index is 12.9. The Morgan fingerprint density at radius 1 is 1.03 bits per heavy atom. The van der Waals surface area contributed by atoms with Crippen molar-refractivity contribution >= 4 is 34.6 Å². The molecular weight excluding hydrogens is 460 g/mol. The number of carbonyl (C=O) groups is 1. The third-order valence-electron chi connectivity index (χ3n) is 8.32. The highest BCUT2D eigenvalue weighted by atomic mass is 16.5. The van der Waals surface area contributed by atoms with Crippen molar-refractivity contribution in [3.8, 4) is 5.75 Å². The average molecular weight is 491 g/mol. The summed E-state index contributed by atoms with van der Waals surface area (Å²) in [5, 5.41) is 11.9. The molecule has 2 aliphatic heterocycles. The molecule has 0 unspecified atom stereocenters. The van der Waals surface area contributed by atoms with Crippen LogP contribution in [0.15, 0.2) is 66.7 Å². The van der Waals surface area contributed by atoms with E-state index in [1.165, 1.54) is 5.56 Å². The van der Waals surface area contributed by atoms with Gasteiger partial charge in [0.15, 0.2) is 0 Å². The third-order valence-corrected chi connectivity index (χ3v) is 8.32. The Morgan fingerprint density at radius 3 is 2.68 bits per heavy atom. The minimum absolute atomic E-state index is 0.120. The number of rotatable bonds is 5. The van der Waals surface area contributed by atoms with E-state index in [1.807, 2.05) is 24.3 Å². The summed E-state index contributed by atoms with van der Waals surface area (Å²) in [4.78, 5) is 15.2. The molecule has 7 rings (SSSR count). The van der Waals surface area contributed by atoms with Crippen LogP contribution >= 0.6 is 0 Å². The minimum Gasteiger partial charge on any atom is -0.490 e. The average Bonchev–Trinajstić information content (AvgIpc) is 3.46. The standard InChI is InChI=1S/C31H30N4O2/c1-35-16-14-23(15-17-35)37-22-10-6-20(7-11-22)8-13-27-24-12-9-21(18-29(24)34-33-27)26-19-31(26)25-4-2-3-5-28(25)32-30(31)36/h2-13,18,23,26H,14-17,19H2,1H3,(H,32,36)(H,33,34)/t26-,31-/m0/s1. The van der Waals surface area contributed by atoms with Gasteiger partial charge in [0.1, 0.15) is 11.9 Å². The molecule has 4 aromatic rings. The first-order valence-electron chi connectivity index (χ1n) is 13.1. The molecular formula is C31H30N4O2. The first-order valence-corrected chi connectivity index (χ1v) is 13.1. The van der Waals surface area contributed by atoms with Gasteiger partial charge < -0.3 is 15.0 Å². The molecule has 1 spiro atoms. The molecule has 2 N–H and O–H groups in total. The predicted octanol–water partition coefficient (Wildman–Crippen LogP) is 5.58. The van der Waals surface area contributed by atoms with Crippen molar-refractivity contribution in [1.82, 2.24) is 15.1 Å². The molecule has 1 saturated carbocycles. The van der Waals surface area contributed by atoms with E-state index in [1.54, 1.807) is 0 Å². The van der Waals surface area contributed by atoms with Gasteiger partial charge in [-0.3, -0.25) is 9.89 Å². The Bertz CT molecular complexity index is 1510. The van der Waals surface area contributed by atoms with Gasteiger partial charge in [-0.25, -0.2) is 0 Å². The first kappa shape index (κ1) is 22.3. The zero-order valence-corrected chi connectivity index (χ0v) is 20.9. The van der Waals surface area contributed by atoms with Crippen molar-refractivity contribution < 1.29 is 9.53 Å². The minimum atomic E-state index is -0.420. The van der Waals surface area contributed by atoms with Crippen molar-refractivity contribution in [2.45, 2.75) is 36.7 Å². The van der Waals surface area contributed by atoms with E-state index in [-0.39, 0.29) is 11.8 Å². The second-order valence-electron chi connectivity index (χ2n) is 10.7. The molecule has 37 heavy (non-hydrogen) atoms. The fraction of sp³-hybridized carbons (Fsp3) is 0.290. The third kappa shape index (κ3) is 3.83. The molecule has 1 amide bonds. The van der Waals surface area contributed by atoms with Gasteiger partial charge >= 0.3 is 0 Å². The van der Waals surface area contributed by atoms with Gasteiger partial charge in [-0.1, -0.05) is 48.5 Å². The number of aromatic nitrogens is 2. The molecule has 6 nitrogen and oxygen atoms in total. The maximum Gasteiger partial charge on any atom is 0.235 e. The van der Waals surface area contributed by atoms with Crippen LogP contribution in [-0.4, -0.2) is 47.2 Å². The highest BCUT2D eigenvalue weighted by molar-refractivity contribution is 6.09. The number of benzene rings is 3. The van der Waals surface area contributed by atoms with Crippen LogP contribution in [0, 0.1) is 0 Å². The zero-order chi connectivity index (χ0) is 25.0. The van der Waals surface area contributed by atoms with Crippen LogP contribution < -0.4 is 10.1 Å². The number of nitrogens with one attached hydrogen (secondary N) is 2. The Morgan fingerprint density at radius 2 is 1.84 bits per heavy atom. The van der Waals surface area contributed by atoms with E-state index < -0.39 is 5.41 Å². The van der Waals surface area contributed by atoms with Gasteiger partial charge in [0.2, 0.25) is 5.91 Å². The summed E-state index contributed by atoms with van der Waals surface area (Å²) in [6.07, 6.45) is 7.44. The van der Waals surface area contributed by atoms with Gasteiger partial charge in [-0.05, 0) is 73.3 Å². The lowest BCUT2D eigenvalue weighted by atomic mass is 9.92. The molecule has 186 valence electrons. The number of fused-ring (bicyclic) bond motifs is 3. The largest absolute Gasteiger partial charge is 0.490 e. The lowest BCUT2D eigenvalue weighted by Gasteiger charge is -2.29. The SMILES string of the molecule is CN1CCC(Oc2ccc(C=Cc3n[nH]c4cc([C@@H]5C[C@@]56C(=O)Nc5ccccc56)ccc34)cc2)CC1. The topological polar surface area (TPSA) is 70.2 Å². The monoisotopic (exact) mass is 490 g/mol. The maximum absolute atomic E-state index is 12.9. The van der Waals surface area contributed by atoms with Crippen molar-refractivity contribution in [3.63, 3.8) is 0 Å². The summed E-state index contributed by atoms with van der Waals surface area (Å²) in [7, 11) is 2.16. The summed E-state index contributed by atoms with van der Waals surface area (Å²) in [6, 6.07) is 22.8. The first-order chi connectivity index (χ1) is 18.1. The zero-order valence-electron chi connectivity index (χ0n) is 20.9. The lowest BCUT2D eigenvalue weighted by Crippen LogP contribution is -2.35. The molecule has 3 aromatic carbocycles. The summed E-state index contributed by atoms with van der Waals surface area (Å²) >= 11 is 0. The van der Waals surface area contributed by atoms with E-state index in [2.05, 4.69) is 82.1 Å². The number of ether oxygens (including phenoxy) is 1. The molecule has 1 aromatic heterocycles. The molecule has 2 atom stereocenters. The van der Waals surface area contributed by atoms with Gasteiger partial charge in [0, 0.05) is 30.1 Å². The Balaban J connectivity index is 1.06. The van der Waals surface area contributed by atoms with Gasteiger partial charge in [0.25, 0.3) is 0 Å². The van der Waals surface area contributed by atoms with Crippen LogP contribution in [0.2, 0.25) is 0 Å². The Kier molecular flexibility index (Phi) is 5.18. The number of aromatic amines is 1. The number of likely N-dealkylation sites (tertiary alicyclic amines) is 1. The number of piperidine rings is 1. The van der Waals surface area contributed by atoms with Crippen molar-refractivity contribution in [1.29, 1.82) is 0 Å². The molecule has 0 radical (unpaired) electrons. The Labute approximate surface area is 216 Å². The van der Waals surface area contributed by atoms with Crippen LogP contribution in [0.5, 0.6) is 5.75 Å². The normalized spacial score (nSPS) is 23.6. The summed E-state index contributed by atoms with van der Waals surface area (Å²) in [6.45, 7) is 2.19. The summed E-state index contributed by atoms with van der Waals surface area (Å²) in [5.74, 6) is 1.24. The molecule has 3 heterocycles. The fourth-order valence-corrected chi connectivity index (χ4v) is 6.08. The molecule has 0 bridgehead atoms. The molecule has 6 heteroatoms. The molecule has 2 fully saturated rings. The summed E-state index contributed by atoms with van der Waals surface area (Å²) < 4.78 is 6.17. The number of hydrogen-bond acceptors (Lipinski definition) is 4. The number of amides is 1. The number of para-hydroxylation sites is 1. The highest BCUT2D eigenvalue weighted by Gasteiger charge is 2.65. The Hall–Kier alpha value is -3.90. The number of hydrogen-bond donors (Lipinski definition) is 2. The van der Waals surface area contributed by atoms with E-state index in [4.69, 9.17) is 4.74 Å². The van der Waals surface area contributed by atoms with Crippen molar-refractivity contribution in [3.05, 3.63) is 89.1 Å². The quantitative estimate of drug-likeness (QED) is 0.383. The molecule has 1 saturated heterocycles. The molecule has 3 aliphatic rings.